The second kappa shape index (κ2) is 6.49. The highest BCUT2D eigenvalue weighted by Crippen LogP contribution is 2.29. The van der Waals surface area contributed by atoms with Crippen molar-refractivity contribution in [3.63, 3.8) is 0 Å². The fourth-order valence-corrected chi connectivity index (χ4v) is 4.49. The Morgan fingerprint density at radius 1 is 1.35 bits per heavy atom. The second-order valence-corrected chi connectivity index (χ2v) is 8.22. The van der Waals surface area contributed by atoms with Gasteiger partial charge in [-0.15, -0.1) is 0 Å². The molecule has 3 rings (SSSR count). The number of benzene rings is 1. The monoisotopic (exact) mass is 338 g/mol. The molecule has 1 atom stereocenters. The van der Waals surface area contributed by atoms with Crippen molar-refractivity contribution in [2.24, 2.45) is 0 Å². The zero-order valence-electron chi connectivity index (χ0n) is 13.2. The smallest absolute Gasteiger partial charge is 0.251 e. The van der Waals surface area contributed by atoms with Gasteiger partial charge in [-0.2, -0.15) is 0 Å². The number of carbonyl (C=O) groups is 1. The van der Waals surface area contributed by atoms with E-state index in [1.807, 2.05) is 13.0 Å². The molecule has 1 unspecified atom stereocenters. The van der Waals surface area contributed by atoms with Crippen LogP contribution in [0.2, 0.25) is 0 Å². The molecule has 0 radical (unpaired) electrons. The van der Waals surface area contributed by atoms with E-state index in [1.54, 1.807) is 12.1 Å². The first kappa shape index (κ1) is 16.3. The van der Waals surface area contributed by atoms with Crippen molar-refractivity contribution in [2.75, 3.05) is 25.4 Å². The highest BCUT2D eigenvalue weighted by atomic mass is 32.2. The van der Waals surface area contributed by atoms with Gasteiger partial charge in [0.25, 0.3) is 5.91 Å². The standard InChI is InChI=1S/C16H22N2O4S/c1-12-10-14-11-13(4-5-15(14)22-12)16(19)17-6-9-23(20,21)18-7-2-3-8-18/h4-5,11-12H,2-3,6-10H2,1H3,(H,17,19). The Hall–Kier alpha value is -1.60. The molecule has 0 aliphatic carbocycles. The van der Waals surface area contributed by atoms with Crippen LogP contribution in [-0.4, -0.2) is 50.1 Å². The Bertz CT molecular complexity index is 696. The molecule has 1 N–H and O–H groups in total. The summed E-state index contributed by atoms with van der Waals surface area (Å²) < 4.78 is 31.3. The van der Waals surface area contributed by atoms with Crippen molar-refractivity contribution < 1.29 is 17.9 Å². The van der Waals surface area contributed by atoms with Gasteiger partial charge in [-0.1, -0.05) is 0 Å². The van der Waals surface area contributed by atoms with Crippen LogP contribution >= 0.6 is 0 Å². The zero-order chi connectivity index (χ0) is 16.4. The van der Waals surface area contributed by atoms with E-state index < -0.39 is 10.0 Å². The number of carbonyl (C=O) groups excluding carboxylic acids is 1. The molecule has 126 valence electrons. The lowest BCUT2D eigenvalue weighted by Gasteiger charge is -2.15. The second-order valence-electron chi connectivity index (χ2n) is 6.13. The van der Waals surface area contributed by atoms with Crippen LogP contribution in [0.1, 0.15) is 35.7 Å². The number of nitrogens with one attached hydrogen (secondary N) is 1. The van der Waals surface area contributed by atoms with Crippen LogP contribution in [0.15, 0.2) is 18.2 Å². The van der Waals surface area contributed by atoms with Crippen molar-refractivity contribution in [2.45, 2.75) is 32.3 Å². The SMILES string of the molecule is CC1Cc2cc(C(=O)NCCS(=O)(=O)N3CCCC3)ccc2O1. The maximum absolute atomic E-state index is 12.2. The van der Waals surface area contributed by atoms with Gasteiger partial charge in [0, 0.05) is 31.6 Å². The highest BCUT2D eigenvalue weighted by Gasteiger charge is 2.25. The van der Waals surface area contributed by atoms with Gasteiger partial charge in [0.15, 0.2) is 0 Å². The molecule has 2 heterocycles. The Labute approximate surface area is 136 Å². The number of nitrogens with zero attached hydrogens (tertiary/aromatic N) is 1. The number of hydrogen-bond donors (Lipinski definition) is 1. The molecule has 1 aromatic carbocycles. The first-order valence-electron chi connectivity index (χ1n) is 8.01. The quantitative estimate of drug-likeness (QED) is 0.874. The molecule has 1 fully saturated rings. The molecule has 0 saturated carbocycles. The summed E-state index contributed by atoms with van der Waals surface area (Å²) in [6.07, 6.45) is 2.76. The largest absolute Gasteiger partial charge is 0.490 e. The molecular weight excluding hydrogens is 316 g/mol. The van der Waals surface area contributed by atoms with Crippen LogP contribution in [0.5, 0.6) is 5.75 Å². The average molecular weight is 338 g/mol. The molecule has 1 saturated heterocycles. The van der Waals surface area contributed by atoms with E-state index in [0.717, 1.165) is 30.6 Å². The van der Waals surface area contributed by atoms with Gasteiger partial charge >= 0.3 is 0 Å². The summed E-state index contributed by atoms with van der Waals surface area (Å²) in [7, 11) is -3.26. The maximum atomic E-state index is 12.2. The lowest BCUT2D eigenvalue weighted by Crippen LogP contribution is -2.36. The number of rotatable bonds is 5. The highest BCUT2D eigenvalue weighted by molar-refractivity contribution is 7.89. The predicted molar refractivity (Wildman–Crippen MR) is 87.2 cm³/mol. The molecule has 23 heavy (non-hydrogen) atoms. The summed E-state index contributed by atoms with van der Waals surface area (Å²) in [5, 5.41) is 2.70. The van der Waals surface area contributed by atoms with Crippen LogP contribution < -0.4 is 10.1 Å². The van der Waals surface area contributed by atoms with Gasteiger partial charge in [-0.05, 0) is 43.5 Å². The van der Waals surface area contributed by atoms with Crippen molar-refractivity contribution >= 4 is 15.9 Å². The normalized spacial score (nSPS) is 21.0. The van der Waals surface area contributed by atoms with Crippen LogP contribution in [0.25, 0.3) is 0 Å². The molecule has 1 aromatic rings. The van der Waals surface area contributed by atoms with Crippen molar-refractivity contribution in [3.8, 4) is 5.75 Å². The molecule has 0 spiro atoms. The molecule has 6 nitrogen and oxygen atoms in total. The third kappa shape index (κ3) is 3.67. The lowest BCUT2D eigenvalue weighted by atomic mass is 10.1. The van der Waals surface area contributed by atoms with Gasteiger partial charge in [0.1, 0.15) is 11.9 Å². The topological polar surface area (TPSA) is 75.7 Å². The summed E-state index contributed by atoms with van der Waals surface area (Å²) in [5.41, 5.74) is 1.56. The molecule has 0 aromatic heterocycles. The van der Waals surface area contributed by atoms with Crippen molar-refractivity contribution in [1.82, 2.24) is 9.62 Å². The average Bonchev–Trinajstić information content (AvgIpc) is 3.14. The fraction of sp³-hybridized carbons (Fsp3) is 0.562. The van der Waals surface area contributed by atoms with E-state index in [2.05, 4.69) is 5.32 Å². The van der Waals surface area contributed by atoms with E-state index in [4.69, 9.17) is 4.74 Å². The first-order chi connectivity index (χ1) is 11.0. The third-order valence-electron chi connectivity index (χ3n) is 4.26. The predicted octanol–water partition coefficient (Wildman–Crippen LogP) is 1.17. The Balaban J connectivity index is 1.55. The molecule has 7 heteroatoms. The molecular formula is C16H22N2O4S. The number of hydrogen-bond acceptors (Lipinski definition) is 4. The summed E-state index contributed by atoms with van der Waals surface area (Å²) >= 11 is 0. The van der Waals surface area contributed by atoms with Crippen LogP contribution in [0, 0.1) is 0 Å². The van der Waals surface area contributed by atoms with Crippen molar-refractivity contribution in [1.29, 1.82) is 0 Å². The van der Waals surface area contributed by atoms with E-state index in [9.17, 15) is 13.2 Å². The molecule has 2 aliphatic heterocycles. The Morgan fingerprint density at radius 2 is 2.09 bits per heavy atom. The molecule has 0 bridgehead atoms. The van der Waals surface area contributed by atoms with E-state index >= 15 is 0 Å². The number of sulfonamides is 1. The maximum Gasteiger partial charge on any atom is 0.251 e. The summed E-state index contributed by atoms with van der Waals surface area (Å²) in [6.45, 7) is 3.31. The van der Waals surface area contributed by atoms with Crippen LogP contribution in [-0.2, 0) is 16.4 Å². The summed E-state index contributed by atoms with van der Waals surface area (Å²) in [6, 6.07) is 5.33. The van der Waals surface area contributed by atoms with E-state index in [1.165, 1.54) is 4.31 Å². The van der Waals surface area contributed by atoms with Gasteiger partial charge in [0.2, 0.25) is 10.0 Å². The number of ether oxygens (including phenoxy) is 1. The first-order valence-corrected chi connectivity index (χ1v) is 9.62. The Morgan fingerprint density at radius 3 is 2.83 bits per heavy atom. The van der Waals surface area contributed by atoms with E-state index in [-0.39, 0.29) is 24.3 Å². The van der Waals surface area contributed by atoms with Crippen LogP contribution in [0.3, 0.4) is 0 Å². The Kier molecular flexibility index (Phi) is 4.59. The minimum Gasteiger partial charge on any atom is -0.490 e. The van der Waals surface area contributed by atoms with E-state index in [0.29, 0.717) is 18.7 Å². The van der Waals surface area contributed by atoms with Crippen LogP contribution in [0.4, 0.5) is 0 Å². The van der Waals surface area contributed by atoms with Gasteiger partial charge in [-0.3, -0.25) is 4.79 Å². The third-order valence-corrected chi connectivity index (χ3v) is 6.13. The van der Waals surface area contributed by atoms with Crippen molar-refractivity contribution in [3.05, 3.63) is 29.3 Å². The number of fused-ring (bicyclic) bond motifs is 1. The fourth-order valence-electron chi connectivity index (χ4n) is 3.05. The molecule has 1 amide bonds. The zero-order valence-corrected chi connectivity index (χ0v) is 14.1. The van der Waals surface area contributed by atoms with Gasteiger partial charge < -0.3 is 10.1 Å². The minimum atomic E-state index is -3.26. The molecule has 2 aliphatic rings. The lowest BCUT2D eigenvalue weighted by molar-refractivity contribution is 0.0956. The van der Waals surface area contributed by atoms with Gasteiger partial charge in [0.05, 0.1) is 5.75 Å². The van der Waals surface area contributed by atoms with Gasteiger partial charge in [-0.25, -0.2) is 12.7 Å². The summed E-state index contributed by atoms with van der Waals surface area (Å²) in [5.74, 6) is 0.527. The minimum absolute atomic E-state index is 0.0518. The summed E-state index contributed by atoms with van der Waals surface area (Å²) in [4.78, 5) is 12.2. The number of amides is 1.